The summed E-state index contributed by atoms with van der Waals surface area (Å²) in [5.41, 5.74) is 1.05. The van der Waals surface area contributed by atoms with E-state index in [4.69, 9.17) is 11.6 Å². The molecule has 0 fully saturated rings. The van der Waals surface area contributed by atoms with Crippen LogP contribution in [-0.2, 0) is 0 Å². The monoisotopic (exact) mass is 235 g/mol. The quantitative estimate of drug-likeness (QED) is 0.566. The van der Waals surface area contributed by atoms with Crippen LogP contribution in [0.15, 0.2) is 12.1 Å². The van der Waals surface area contributed by atoms with Crippen LogP contribution in [0, 0.1) is 19.3 Å². The first-order chi connectivity index (χ1) is 7.69. The van der Waals surface area contributed by atoms with Crippen LogP contribution in [0.2, 0.25) is 0 Å². The standard InChI is InChI=1S/C11H14ClN.C3H4/c1-3-4-11-10(7-8-12)6-5-9(2)13-11;1-3-2/h4-7H,3,8H2,1-2H3;1H,2H3/b10-7-,11-4+;. The average Bonchev–Trinajstić information content (AvgIpc) is 2.24. The number of halogens is 1. The van der Waals surface area contributed by atoms with E-state index < -0.39 is 0 Å². The summed E-state index contributed by atoms with van der Waals surface area (Å²) < 4.78 is 0. The van der Waals surface area contributed by atoms with Crippen LogP contribution in [0.1, 0.15) is 26.0 Å². The highest BCUT2D eigenvalue weighted by Gasteiger charge is 1.87. The fourth-order valence-corrected chi connectivity index (χ4v) is 1.37. The summed E-state index contributed by atoms with van der Waals surface area (Å²) in [5, 5.41) is 2.17. The fourth-order valence-electron chi connectivity index (χ4n) is 1.20. The predicted octanol–water partition coefficient (Wildman–Crippen LogP) is 2.24. The Morgan fingerprint density at radius 1 is 1.44 bits per heavy atom. The van der Waals surface area contributed by atoms with E-state index in [2.05, 4.69) is 36.4 Å². The van der Waals surface area contributed by atoms with Gasteiger partial charge in [0.1, 0.15) is 0 Å². The Balaban J connectivity index is 0.000000673. The Morgan fingerprint density at radius 2 is 2.06 bits per heavy atom. The van der Waals surface area contributed by atoms with Crippen molar-refractivity contribution in [2.24, 2.45) is 0 Å². The minimum absolute atomic E-state index is 0.537. The van der Waals surface area contributed by atoms with Crippen molar-refractivity contribution in [1.29, 1.82) is 0 Å². The second-order valence-electron chi connectivity index (χ2n) is 3.19. The number of pyridine rings is 1. The minimum atomic E-state index is 0.537. The molecule has 2 heteroatoms. The second kappa shape index (κ2) is 9.00. The van der Waals surface area contributed by atoms with Crippen LogP contribution in [0.25, 0.3) is 12.2 Å². The smallest absolute Gasteiger partial charge is 0.0662 e. The Kier molecular flexibility index (Phi) is 8.29. The van der Waals surface area contributed by atoms with Gasteiger partial charge in [-0.1, -0.05) is 25.1 Å². The summed E-state index contributed by atoms with van der Waals surface area (Å²) in [7, 11) is 0. The number of aromatic nitrogens is 1. The van der Waals surface area contributed by atoms with Crippen LogP contribution in [-0.4, -0.2) is 10.9 Å². The van der Waals surface area contributed by atoms with Crippen LogP contribution < -0.4 is 10.6 Å². The first kappa shape index (κ1) is 14.7. The van der Waals surface area contributed by atoms with E-state index >= 15 is 0 Å². The lowest BCUT2D eigenvalue weighted by atomic mass is 10.2. The maximum absolute atomic E-state index is 5.65. The highest BCUT2D eigenvalue weighted by molar-refractivity contribution is 6.20. The molecule has 86 valence electrons. The molecule has 0 saturated heterocycles. The number of terminal acetylenes is 1. The number of nitrogens with zero attached hydrogens (tertiary/aromatic N) is 1. The summed E-state index contributed by atoms with van der Waals surface area (Å²) >= 11 is 5.65. The molecule has 0 spiro atoms. The van der Waals surface area contributed by atoms with Crippen LogP contribution in [0.4, 0.5) is 0 Å². The molecule has 0 aromatic carbocycles. The van der Waals surface area contributed by atoms with Gasteiger partial charge in [0.05, 0.1) is 5.35 Å². The summed E-state index contributed by atoms with van der Waals surface area (Å²) in [4.78, 5) is 4.44. The third-order valence-corrected chi connectivity index (χ3v) is 1.95. The molecule has 1 rings (SSSR count). The molecule has 1 nitrogen and oxygen atoms in total. The van der Waals surface area contributed by atoms with E-state index in [-0.39, 0.29) is 0 Å². The maximum atomic E-state index is 5.65. The van der Waals surface area contributed by atoms with Gasteiger partial charge < -0.3 is 0 Å². The molecule has 0 aliphatic rings. The SMILES string of the molecule is C#CC.CC/C=c1/nc(C)cc/c1=C/CCl. The maximum Gasteiger partial charge on any atom is 0.0662 e. The summed E-state index contributed by atoms with van der Waals surface area (Å²) in [5.74, 6) is 2.79. The lowest BCUT2D eigenvalue weighted by Crippen LogP contribution is -2.28. The Hall–Kier alpha value is -1.26. The van der Waals surface area contributed by atoms with E-state index in [9.17, 15) is 0 Å². The molecule has 0 amide bonds. The van der Waals surface area contributed by atoms with Crippen molar-refractivity contribution in [2.45, 2.75) is 27.2 Å². The van der Waals surface area contributed by atoms with Crippen LogP contribution in [0.3, 0.4) is 0 Å². The lowest BCUT2D eigenvalue weighted by Gasteiger charge is -1.93. The molecule has 0 aliphatic heterocycles. The summed E-state index contributed by atoms with van der Waals surface area (Å²) in [6, 6.07) is 4.07. The number of aryl methyl sites for hydroxylation is 1. The van der Waals surface area contributed by atoms with Gasteiger partial charge in [0.2, 0.25) is 0 Å². The molecule has 1 aromatic rings. The third kappa shape index (κ3) is 5.58. The molecule has 0 aliphatic carbocycles. The summed E-state index contributed by atoms with van der Waals surface area (Å²) in [6.07, 6.45) is 9.69. The molecular formula is C14H18ClN. The Bertz CT molecular complexity index is 455. The molecule has 1 heterocycles. The van der Waals surface area contributed by atoms with E-state index in [0.29, 0.717) is 5.88 Å². The molecule has 1 aromatic heterocycles. The predicted molar refractivity (Wildman–Crippen MR) is 72.7 cm³/mol. The van der Waals surface area contributed by atoms with Crippen molar-refractivity contribution in [3.05, 3.63) is 28.4 Å². The van der Waals surface area contributed by atoms with Gasteiger partial charge >= 0.3 is 0 Å². The third-order valence-electron chi connectivity index (χ3n) is 1.79. The molecular weight excluding hydrogens is 218 g/mol. The van der Waals surface area contributed by atoms with Crippen molar-refractivity contribution in [3.8, 4) is 12.3 Å². The Labute approximate surface area is 103 Å². The topological polar surface area (TPSA) is 12.9 Å². The van der Waals surface area contributed by atoms with E-state index in [1.54, 1.807) is 6.92 Å². The first-order valence-electron chi connectivity index (χ1n) is 5.26. The van der Waals surface area contributed by atoms with Gasteiger partial charge in [-0.15, -0.1) is 23.9 Å². The highest BCUT2D eigenvalue weighted by atomic mass is 35.5. The van der Waals surface area contributed by atoms with Crippen molar-refractivity contribution < 1.29 is 0 Å². The molecule has 0 N–H and O–H groups in total. The Morgan fingerprint density at radius 3 is 2.56 bits per heavy atom. The number of alkyl halides is 1. The molecule has 0 bridgehead atoms. The molecule has 16 heavy (non-hydrogen) atoms. The minimum Gasteiger partial charge on any atom is -0.253 e. The fraction of sp³-hybridized carbons (Fsp3) is 0.357. The molecule has 0 saturated carbocycles. The second-order valence-corrected chi connectivity index (χ2v) is 3.50. The number of hydrogen-bond donors (Lipinski definition) is 0. The number of hydrogen-bond acceptors (Lipinski definition) is 1. The summed E-state index contributed by atoms with van der Waals surface area (Å²) in [6.45, 7) is 5.76. The van der Waals surface area contributed by atoms with Crippen molar-refractivity contribution >= 4 is 23.8 Å². The van der Waals surface area contributed by atoms with Gasteiger partial charge in [-0.25, -0.2) is 0 Å². The van der Waals surface area contributed by atoms with E-state index in [1.165, 1.54) is 0 Å². The van der Waals surface area contributed by atoms with Crippen molar-refractivity contribution in [2.75, 3.05) is 5.88 Å². The van der Waals surface area contributed by atoms with E-state index in [1.807, 2.05) is 19.1 Å². The van der Waals surface area contributed by atoms with Gasteiger partial charge in [-0.3, -0.25) is 4.98 Å². The van der Waals surface area contributed by atoms with Crippen LogP contribution >= 0.6 is 11.6 Å². The average molecular weight is 236 g/mol. The highest BCUT2D eigenvalue weighted by Crippen LogP contribution is 1.83. The van der Waals surface area contributed by atoms with E-state index in [0.717, 1.165) is 22.7 Å². The zero-order chi connectivity index (χ0) is 12.4. The molecule has 0 unspecified atom stereocenters. The zero-order valence-electron chi connectivity index (χ0n) is 10.1. The van der Waals surface area contributed by atoms with Crippen molar-refractivity contribution in [3.63, 3.8) is 0 Å². The zero-order valence-corrected chi connectivity index (χ0v) is 10.9. The van der Waals surface area contributed by atoms with Gasteiger partial charge in [0.15, 0.2) is 0 Å². The van der Waals surface area contributed by atoms with Crippen LogP contribution in [0.5, 0.6) is 0 Å². The van der Waals surface area contributed by atoms with Gasteiger partial charge in [-0.05, 0) is 31.6 Å². The van der Waals surface area contributed by atoms with Gasteiger partial charge in [0.25, 0.3) is 0 Å². The number of rotatable bonds is 2. The van der Waals surface area contributed by atoms with Gasteiger partial charge in [0, 0.05) is 11.6 Å². The first-order valence-corrected chi connectivity index (χ1v) is 5.80. The lowest BCUT2D eigenvalue weighted by molar-refractivity contribution is 1.11. The largest absolute Gasteiger partial charge is 0.253 e. The van der Waals surface area contributed by atoms with Gasteiger partial charge in [-0.2, -0.15) is 0 Å². The molecule has 0 radical (unpaired) electrons. The normalized spacial score (nSPS) is 11.7. The molecule has 0 atom stereocenters. The van der Waals surface area contributed by atoms with Crippen molar-refractivity contribution in [1.82, 2.24) is 4.98 Å².